The first kappa shape index (κ1) is 27.8. The van der Waals surface area contributed by atoms with Crippen LogP contribution in [0.1, 0.15) is 18.4 Å². The summed E-state index contributed by atoms with van der Waals surface area (Å²) in [5.41, 5.74) is 0.578. The Labute approximate surface area is 215 Å². The van der Waals surface area contributed by atoms with E-state index in [0.29, 0.717) is 5.56 Å². The maximum absolute atomic E-state index is 12.8. The van der Waals surface area contributed by atoms with Crippen LogP contribution in [0.5, 0.6) is 5.75 Å². The number of hydrogen-bond acceptors (Lipinski definition) is 5. The molecule has 0 spiro atoms. The second-order valence-electron chi connectivity index (χ2n) is 7.56. The summed E-state index contributed by atoms with van der Waals surface area (Å²) in [6, 6.07) is 13.5. The van der Waals surface area contributed by atoms with Crippen LogP contribution in [0, 0.1) is 0 Å². The Morgan fingerprint density at radius 1 is 1.06 bits per heavy atom. The van der Waals surface area contributed by atoms with Crippen molar-refractivity contribution < 1.29 is 36.2 Å². The molecule has 0 aliphatic heterocycles. The minimum absolute atomic E-state index is 0.00180. The number of rotatable bonds is 8. The number of alkyl halides is 3. The van der Waals surface area contributed by atoms with Gasteiger partial charge in [-0.15, -0.1) is 13.2 Å². The summed E-state index contributed by atoms with van der Waals surface area (Å²) in [5, 5.41) is 12.3. The maximum Gasteiger partial charge on any atom is 0.573 e. The van der Waals surface area contributed by atoms with Gasteiger partial charge in [-0.05, 0) is 35.9 Å². The summed E-state index contributed by atoms with van der Waals surface area (Å²) in [5.74, 6) is -2.26. The van der Waals surface area contributed by atoms with E-state index in [1.165, 1.54) is 61.5 Å². The number of ether oxygens (including phenoxy) is 1. The summed E-state index contributed by atoms with van der Waals surface area (Å²) in [6.45, 7) is 0.935. The molecular formula is C24H20Cl2F3NO5S. The Bertz CT molecular complexity index is 1340. The number of benzene rings is 3. The first-order valence-corrected chi connectivity index (χ1v) is 12.9. The van der Waals surface area contributed by atoms with Gasteiger partial charge in [-0.1, -0.05) is 60.5 Å². The average Bonchev–Trinajstić information content (AvgIpc) is 2.79. The minimum Gasteiger partial charge on any atom is -0.405 e. The van der Waals surface area contributed by atoms with Crippen molar-refractivity contribution in [2.75, 3.05) is 17.7 Å². The summed E-state index contributed by atoms with van der Waals surface area (Å²) in [4.78, 5) is 12.9. The number of sulfone groups is 1. The highest BCUT2D eigenvalue weighted by atomic mass is 35.5. The third kappa shape index (κ3) is 6.50. The fourth-order valence-corrected chi connectivity index (χ4v) is 5.01. The number of anilines is 1. The fraction of sp³-hybridized carbons (Fsp3) is 0.208. The molecule has 0 aliphatic carbocycles. The molecular weight excluding hydrogens is 542 g/mol. The predicted octanol–water partition coefficient (Wildman–Crippen LogP) is 6.07. The Kier molecular flexibility index (Phi) is 8.55. The van der Waals surface area contributed by atoms with Crippen molar-refractivity contribution in [3.8, 4) is 16.9 Å². The number of amides is 1. The lowest BCUT2D eigenvalue weighted by molar-refractivity contribution is -0.274. The number of aliphatic hydroxyl groups excluding tert-OH is 1. The van der Waals surface area contributed by atoms with Gasteiger partial charge in [-0.3, -0.25) is 4.79 Å². The van der Waals surface area contributed by atoms with Crippen molar-refractivity contribution in [1.82, 2.24) is 0 Å². The molecule has 3 aromatic rings. The van der Waals surface area contributed by atoms with Crippen LogP contribution < -0.4 is 10.1 Å². The van der Waals surface area contributed by atoms with E-state index in [-0.39, 0.29) is 37.5 Å². The van der Waals surface area contributed by atoms with Crippen LogP contribution in [0.25, 0.3) is 11.1 Å². The molecule has 0 radical (unpaired) electrons. The number of nitrogens with one attached hydrogen (secondary N) is 1. The first-order chi connectivity index (χ1) is 16.9. The van der Waals surface area contributed by atoms with Gasteiger partial charge >= 0.3 is 6.36 Å². The van der Waals surface area contributed by atoms with Crippen LogP contribution in [0.15, 0.2) is 65.6 Å². The van der Waals surface area contributed by atoms with Crippen molar-refractivity contribution in [1.29, 1.82) is 0 Å². The normalized spacial score (nSPS) is 12.8. The zero-order chi connectivity index (χ0) is 26.7. The van der Waals surface area contributed by atoms with E-state index < -0.39 is 40.4 Å². The van der Waals surface area contributed by atoms with Crippen molar-refractivity contribution in [3.05, 3.63) is 76.3 Å². The van der Waals surface area contributed by atoms with Crippen molar-refractivity contribution in [2.45, 2.75) is 24.1 Å². The third-order valence-electron chi connectivity index (χ3n) is 5.21. The van der Waals surface area contributed by atoms with Crippen LogP contribution in [0.2, 0.25) is 10.0 Å². The van der Waals surface area contributed by atoms with E-state index in [4.69, 9.17) is 23.2 Å². The molecule has 0 heterocycles. The second-order valence-corrected chi connectivity index (χ2v) is 10.6. The number of carbonyl (C=O) groups excluding carboxylic acids is 1. The standard InChI is InChI=1S/C24H20Cl2F3NO5S/c1-2-36(33,34)16-9-7-14(8-10-16)18(13-31)23(32)30-15-11-19(25)22(20(26)12-15)17-5-3-4-6-21(17)35-24(27,28)29/h3-12,18,31H,2,13H2,1H3,(H,30,32)/t18-/m0/s1. The highest BCUT2D eigenvalue weighted by molar-refractivity contribution is 7.91. The van der Waals surface area contributed by atoms with Gasteiger partial charge in [0.15, 0.2) is 9.84 Å². The van der Waals surface area contributed by atoms with Crippen molar-refractivity contribution >= 4 is 44.6 Å². The van der Waals surface area contributed by atoms with Gasteiger partial charge in [0.2, 0.25) is 5.91 Å². The van der Waals surface area contributed by atoms with Crippen LogP contribution in [-0.2, 0) is 14.6 Å². The molecule has 1 amide bonds. The average molecular weight is 562 g/mol. The molecule has 36 heavy (non-hydrogen) atoms. The lowest BCUT2D eigenvalue weighted by Gasteiger charge is -2.18. The molecule has 6 nitrogen and oxygen atoms in total. The van der Waals surface area contributed by atoms with E-state index >= 15 is 0 Å². The van der Waals surface area contributed by atoms with Crippen LogP contribution in [-0.4, -0.2) is 38.2 Å². The summed E-state index contributed by atoms with van der Waals surface area (Å²) in [6.07, 6.45) is -4.93. The zero-order valence-electron chi connectivity index (χ0n) is 18.6. The molecule has 12 heteroatoms. The molecule has 1 atom stereocenters. The molecule has 3 rings (SSSR count). The lowest BCUT2D eigenvalue weighted by Crippen LogP contribution is -2.24. The maximum atomic E-state index is 12.8. The molecule has 0 aromatic heterocycles. The SMILES string of the molecule is CCS(=O)(=O)c1ccc([C@H](CO)C(=O)Nc2cc(Cl)c(-c3ccccc3OC(F)(F)F)c(Cl)c2)cc1. The highest BCUT2D eigenvalue weighted by Crippen LogP contribution is 2.42. The number of carbonyl (C=O) groups is 1. The van der Waals surface area contributed by atoms with Crippen molar-refractivity contribution in [2.24, 2.45) is 0 Å². The Hall–Kier alpha value is -2.79. The second kappa shape index (κ2) is 11.1. The smallest absolute Gasteiger partial charge is 0.405 e. The number of aliphatic hydroxyl groups is 1. The van der Waals surface area contributed by atoms with Gasteiger partial charge in [-0.2, -0.15) is 0 Å². The number of hydrogen-bond donors (Lipinski definition) is 2. The molecule has 0 bridgehead atoms. The van der Waals surface area contributed by atoms with E-state index in [0.717, 1.165) is 6.07 Å². The fourth-order valence-electron chi connectivity index (χ4n) is 3.43. The molecule has 0 saturated carbocycles. The molecule has 2 N–H and O–H groups in total. The van der Waals surface area contributed by atoms with E-state index in [9.17, 15) is 31.5 Å². The van der Waals surface area contributed by atoms with Crippen LogP contribution in [0.4, 0.5) is 18.9 Å². The van der Waals surface area contributed by atoms with E-state index in [2.05, 4.69) is 10.1 Å². The largest absolute Gasteiger partial charge is 0.573 e. The molecule has 192 valence electrons. The molecule has 3 aromatic carbocycles. The Morgan fingerprint density at radius 2 is 1.64 bits per heavy atom. The van der Waals surface area contributed by atoms with Gasteiger partial charge in [0.25, 0.3) is 0 Å². The molecule has 0 saturated heterocycles. The molecule has 0 unspecified atom stereocenters. The molecule has 0 aliphatic rings. The van der Waals surface area contributed by atoms with E-state index in [1.807, 2.05) is 0 Å². The van der Waals surface area contributed by atoms with Gasteiger partial charge in [0.05, 0.1) is 33.2 Å². The topological polar surface area (TPSA) is 92.7 Å². The molecule has 0 fully saturated rings. The van der Waals surface area contributed by atoms with Gasteiger partial charge < -0.3 is 15.2 Å². The summed E-state index contributed by atoms with van der Waals surface area (Å²) in [7, 11) is -3.43. The van der Waals surface area contributed by atoms with Gasteiger partial charge in [0, 0.05) is 16.8 Å². The third-order valence-corrected chi connectivity index (χ3v) is 7.56. The first-order valence-electron chi connectivity index (χ1n) is 10.4. The zero-order valence-corrected chi connectivity index (χ0v) is 21.0. The summed E-state index contributed by atoms with van der Waals surface area (Å²) >= 11 is 12.6. The number of para-hydroxylation sites is 1. The monoisotopic (exact) mass is 561 g/mol. The summed E-state index contributed by atoms with van der Waals surface area (Å²) < 4.78 is 66.5. The van der Waals surface area contributed by atoms with Gasteiger partial charge in [-0.25, -0.2) is 8.42 Å². The Balaban J connectivity index is 1.87. The van der Waals surface area contributed by atoms with E-state index in [1.54, 1.807) is 0 Å². The number of halogens is 5. The quantitative estimate of drug-likeness (QED) is 0.348. The minimum atomic E-state index is -4.93. The lowest BCUT2D eigenvalue weighted by atomic mass is 9.99. The van der Waals surface area contributed by atoms with Crippen LogP contribution in [0.3, 0.4) is 0 Å². The Morgan fingerprint density at radius 3 is 2.17 bits per heavy atom. The highest BCUT2D eigenvalue weighted by Gasteiger charge is 2.32. The predicted molar refractivity (Wildman–Crippen MR) is 131 cm³/mol. The van der Waals surface area contributed by atoms with Crippen LogP contribution >= 0.6 is 23.2 Å². The van der Waals surface area contributed by atoms with Gasteiger partial charge in [0.1, 0.15) is 5.75 Å². The van der Waals surface area contributed by atoms with Crippen molar-refractivity contribution in [3.63, 3.8) is 0 Å².